The van der Waals surface area contributed by atoms with Crippen LogP contribution in [0.5, 0.6) is 0 Å². The van der Waals surface area contributed by atoms with Gasteiger partial charge >= 0.3 is 0 Å². The highest BCUT2D eigenvalue weighted by molar-refractivity contribution is 7.92. The van der Waals surface area contributed by atoms with Crippen molar-refractivity contribution in [3.8, 4) is 0 Å². The molecule has 5 heteroatoms. The van der Waals surface area contributed by atoms with E-state index >= 15 is 0 Å². The molecular formula is C15H19NO3S. The van der Waals surface area contributed by atoms with Crippen LogP contribution < -0.4 is 0 Å². The first-order valence-corrected chi connectivity index (χ1v) is 8.95. The van der Waals surface area contributed by atoms with E-state index in [-0.39, 0.29) is 11.3 Å². The second-order valence-electron chi connectivity index (χ2n) is 6.50. The third-order valence-electron chi connectivity index (χ3n) is 5.02. The minimum Gasteiger partial charge on any atom is -0.385 e. The Morgan fingerprint density at radius 3 is 2.45 bits per heavy atom. The third-order valence-corrected chi connectivity index (χ3v) is 7.23. The van der Waals surface area contributed by atoms with Gasteiger partial charge in [-0.2, -0.15) is 0 Å². The Kier molecular flexibility index (Phi) is 2.60. The molecule has 1 aliphatic carbocycles. The van der Waals surface area contributed by atoms with Crippen LogP contribution in [0.3, 0.4) is 0 Å². The van der Waals surface area contributed by atoms with E-state index in [9.17, 15) is 13.5 Å². The van der Waals surface area contributed by atoms with Crippen molar-refractivity contribution in [3.63, 3.8) is 0 Å². The van der Waals surface area contributed by atoms with E-state index in [1.54, 1.807) is 0 Å². The zero-order valence-corrected chi connectivity index (χ0v) is 12.1. The summed E-state index contributed by atoms with van der Waals surface area (Å²) in [7, 11) is -2.81. The lowest BCUT2D eigenvalue weighted by Crippen LogP contribution is -2.39. The molecule has 0 aromatic heterocycles. The van der Waals surface area contributed by atoms with Crippen molar-refractivity contribution >= 4 is 9.84 Å². The lowest BCUT2D eigenvalue weighted by Gasteiger charge is -2.26. The van der Waals surface area contributed by atoms with Gasteiger partial charge in [-0.05, 0) is 30.4 Å². The minimum atomic E-state index is -2.81. The van der Waals surface area contributed by atoms with Crippen molar-refractivity contribution < 1.29 is 13.5 Å². The highest BCUT2D eigenvalue weighted by Gasteiger charge is 2.48. The Labute approximate surface area is 119 Å². The maximum atomic E-state index is 11.7. The van der Waals surface area contributed by atoms with E-state index in [4.69, 9.17) is 0 Å². The topological polar surface area (TPSA) is 57.6 Å². The molecule has 1 N–H and O–H groups in total. The van der Waals surface area contributed by atoms with E-state index in [1.807, 2.05) is 12.1 Å². The molecule has 2 bridgehead atoms. The smallest absolute Gasteiger partial charge is 0.156 e. The molecule has 0 radical (unpaired) electrons. The Bertz CT molecular complexity index is 634. The highest BCUT2D eigenvalue weighted by atomic mass is 32.2. The van der Waals surface area contributed by atoms with Gasteiger partial charge in [-0.3, -0.25) is 4.90 Å². The second-order valence-corrected chi connectivity index (χ2v) is 8.82. The molecule has 1 aromatic carbocycles. The Morgan fingerprint density at radius 1 is 1.25 bits per heavy atom. The summed E-state index contributed by atoms with van der Waals surface area (Å²) in [6.07, 6.45) is 2.53. The number of rotatable bonds is 3. The average Bonchev–Trinajstić information content (AvgIpc) is 2.92. The van der Waals surface area contributed by atoms with Crippen LogP contribution in [0.15, 0.2) is 24.3 Å². The lowest BCUT2D eigenvalue weighted by molar-refractivity contribution is 0.151. The molecule has 2 atom stereocenters. The van der Waals surface area contributed by atoms with E-state index in [1.165, 1.54) is 5.56 Å². The molecular weight excluding hydrogens is 274 g/mol. The van der Waals surface area contributed by atoms with Gasteiger partial charge in [-0.1, -0.05) is 24.3 Å². The van der Waals surface area contributed by atoms with Crippen LogP contribution in [-0.4, -0.2) is 42.0 Å². The van der Waals surface area contributed by atoms with Crippen molar-refractivity contribution in [2.75, 3.05) is 12.3 Å². The summed E-state index contributed by atoms with van der Waals surface area (Å²) in [6, 6.07) is 8.34. The van der Waals surface area contributed by atoms with Crippen LogP contribution in [0, 0.1) is 0 Å². The molecule has 2 heterocycles. The number of hydrogen-bond acceptors (Lipinski definition) is 4. The van der Waals surface area contributed by atoms with Crippen molar-refractivity contribution in [1.82, 2.24) is 4.90 Å². The van der Waals surface area contributed by atoms with Crippen LogP contribution in [-0.2, 0) is 22.0 Å². The molecule has 2 saturated heterocycles. The molecule has 3 aliphatic rings. The SMILES string of the molecule is O=S1(=O)CC2CC1CN2Cc1ccc(C2(O)CC2)cc1. The third kappa shape index (κ3) is 2.00. The molecule has 2 unspecified atom stereocenters. The van der Waals surface area contributed by atoms with Crippen LogP contribution in [0.2, 0.25) is 0 Å². The molecule has 4 nitrogen and oxygen atoms in total. The summed E-state index contributed by atoms with van der Waals surface area (Å²) in [5.41, 5.74) is 1.63. The minimum absolute atomic E-state index is 0.140. The summed E-state index contributed by atoms with van der Waals surface area (Å²) in [6.45, 7) is 1.49. The van der Waals surface area contributed by atoms with E-state index in [0.29, 0.717) is 12.3 Å². The molecule has 0 amide bonds. The van der Waals surface area contributed by atoms with Gasteiger partial charge in [-0.25, -0.2) is 8.42 Å². The summed E-state index contributed by atoms with van der Waals surface area (Å²) in [4.78, 5) is 2.28. The van der Waals surface area contributed by atoms with Crippen molar-refractivity contribution in [2.45, 2.75) is 42.7 Å². The summed E-state index contributed by atoms with van der Waals surface area (Å²) in [5, 5.41) is 9.90. The van der Waals surface area contributed by atoms with Crippen molar-refractivity contribution in [2.24, 2.45) is 0 Å². The largest absolute Gasteiger partial charge is 0.385 e. The van der Waals surface area contributed by atoms with Gasteiger partial charge in [0.1, 0.15) is 0 Å². The number of nitrogens with zero attached hydrogens (tertiary/aromatic N) is 1. The first-order valence-electron chi connectivity index (χ1n) is 7.24. The molecule has 4 rings (SSSR count). The number of likely N-dealkylation sites (tertiary alicyclic amines) is 1. The fraction of sp³-hybridized carbons (Fsp3) is 0.600. The van der Waals surface area contributed by atoms with Crippen molar-refractivity contribution in [3.05, 3.63) is 35.4 Å². The van der Waals surface area contributed by atoms with Crippen LogP contribution >= 0.6 is 0 Å². The van der Waals surface area contributed by atoms with Gasteiger partial charge in [0.2, 0.25) is 0 Å². The van der Waals surface area contributed by atoms with Crippen LogP contribution in [0.4, 0.5) is 0 Å². The monoisotopic (exact) mass is 293 g/mol. The molecule has 20 heavy (non-hydrogen) atoms. The van der Waals surface area contributed by atoms with Gasteiger partial charge in [0, 0.05) is 19.1 Å². The average molecular weight is 293 g/mol. The predicted molar refractivity (Wildman–Crippen MR) is 76.0 cm³/mol. The van der Waals surface area contributed by atoms with E-state index in [0.717, 1.165) is 31.4 Å². The summed E-state index contributed by atoms with van der Waals surface area (Å²) < 4.78 is 23.5. The first kappa shape index (κ1) is 12.8. The maximum Gasteiger partial charge on any atom is 0.156 e. The number of aliphatic hydroxyl groups is 1. The Hall–Kier alpha value is -0.910. The van der Waals surface area contributed by atoms with Crippen LogP contribution in [0.25, 0.3) is 0 Å². The van der Waals surface area contributed by atoms with E-state index in [2.05, 4.69) is 17.0 Å². The normalized spacial score (nSPS) is 33.5. The van der Waals surface area contributed by atoms with Crippen LogP contribution in [0.1, 0.15) is 30.4 Å². The zero-order chi connectivity index (χ0) is 14.0. The van der Waals surface area contributed by atoms with Gasteiger partial charge in [0.15, 0.2) is 9.84 Å². The number of benzene rings is 1. The number of hydrogen-bond donors (Lipinski definition) is 1. The van der Waals surface area contributed by atoms with Gasteiger partial charge < -0.3 is 5.11 Å². The quantitative estimate of drug-likeness (QED) is 0.904. The van der Waals surface area contributed by atoms with Gasteiger partial charge in [-0.15, -0.1) is 0 Å². The Balaban J connectivity index is 1.46. The molecule has 3 fully saturated rings. The fourth-order valence-electron chi connectivity index (χ4n) is 3.53. The zero-order valence-electron chi connectivity index (χ0n) is 11.3. The Morgan fingerprint density at radius 2 is 1.95 bits per heavy atom. The molecule has 2 aliphatic heterocycles. The van der Waals surface area contributed by atoms with Gasteiger partial charge in [0.05, 0.1) is 16.6 Å². The molecule has 0 spiro atoms. The summed E-state index contributed by atoms with van der Waals surface area (Å²) in [5.74, 6) is 0.329. The number of sulfone groups is 1. The predicted octanol–water partition coefficient (Wildman–Crippen LogP) is 1.04. The van der Waals surface area contributed by atoms with Gasteiger partial charge in [0.25, 0.3) is 0 Å². The lowest BCUT2D eigenvalue weighted by atomic mass is 10.1. The van der Waals surface area contributed by atoms with E-state index < -0.39 is 15.4 Å². The summed E-state index contributed by atoms with van der Waals surface area (Å²) >= 11 is 0. The molecule has 1 saturated carbocycles. The number of fused-ring (bicyclic) bond motifs is 2. The molecule has 1 aromatic rings. The first-order chi connectivity index (χ1) is 9.46. The van der Waals surface area contributed by atoms with Crippen molar-refractivity contribution in [1.29, 1.82) is 0 Å². The fourth-order valence-corrected chi connectivity index (χ4v) is 5.62. The molecule has 108 valence electrons. The highest BCUT2D eigenvalue weighted by Crippen LogP contribution is 2.45. The second kappa shape index (κ2) is 4.06. The standard InChI is InChI=1S/C15H19NO3S/c17-15(5-6-15)12-3-1-11(2-4-12)8-16-9-14-7-13(16)10-20(14,18)19/h1-4,13-14,17H,5-10H2. The maximum absolute atomic E-state index is 11.7.